The first-order valence-electron chi connectivity index (χ1n) is 6.95. The average Bonchev–Trinajstić information content (AvgIpc) is 3.06. The molecule has 0 aliphatic heterocycles. The molecule has 3 nitrogen and oxygen atoms in total. The highest BCUT2D eigenvalue weighted by Gasteiger charge is 2.44. The molecule has 0 aromatic rings. The van der Waals surface area contributed by atoms with Gasteiger partial charge in [0.2, 0.25) is 0 Å². The standard InChI is InChI=1S/C14H26O3/c1-4-6-7-8-14(9-10-14)17-12(3)11-16-13(15)5-2/h12H,4-11H2,1-3H3. The molecule has 1 rings (SSSR count). The average molecular weight is 242 g/mol. The molecule has 0 saturated heterocycles. The third kappa shape index (κ3) is 5.53. The van der Waals surface area contributed by atoms with Gasteiger partial charge in [0, 0.05) is 6.42 Å². The molecule has 0 bridgehead atoms. The van der Waals surface area contributed by atoms with E-state index in [2.05, 4.69) is 6.92 Å². The van der Waals surface area contributed by atoms with Crippen LogP contribution in [0.1, 0.15) is 65.7 Å². The molecule has 0 amide bonds. The van der Waals surface area contributed by atoms with Crippen molar-refractivity contribution in [3.05, 3.63) is 0 Å². The van der Waals surface area contributed by atoms with Crippen molar-refractivity contribution in [3.8, 4) is 0 Å². The molecule has 1 unspecified atom stereocenters. The Morgan fingerprint density at radius 3 is 2.53 bits per heavy atom. The zero-order valence-corrected chi connectivity index (χ0v) is 11.5. The predicted octanol–water partition coefficient (Wildman–Crippen LogP) is 3.46. The van der Waals surface area contributed by atoms with E-state index >= 15 is 0 Å². The Kier molecular flexibility index (Phi) is 5.96. The van der Waals surface area contributed by atoms with Gasteiger partial charge in [0.15, 0.2) is 0 Å². The van der Waals surface area contributed by atoms with E-state index in [1.165, 1.54) is 32.1 Å². The third-order valence-corrected chi connectivity index (χ3v) is 3.26. The van der Waals surface area contributed by atoms with Crippen LogP contribution in [0.3, 0.4) is 0 Å². The van der Waals surface area contributed by atoms with Gasteiger partial charge in [-0.3, -0.25) is 4.79 Å². The van der Waals surface area contributed by atoms with Crippen molar-refractivity contribution in [1.82, 2.24) is 0 Å². The van der Waals surface area contributed by atoms with Crippen LogP contribution < -0.4 is 0 Å². The molecule has 1 atom stereocenters. The Labute approximate surface area is 105 Å². The van der Waals surface area contributed by atoms with E-state index in [9.17, 15) is 4.79 Å². The fourth-order valence-corrected chi connectivity index (χ4v) is 2.04. The normalized spacial score (nSPS) is 18.8. The maximum absolute atomic E-state index is 11.0. The summed E-state index contributed by atoms with van der Waals surface area (Å²) >= 11 is 0. The van der Waals surface area contributed by atoms with Gasteiger partial charge >= 0.3 is 5.97 Å². The summed E-state index contributed by atoms with van der Waals surface area (Å²) in [7, 11) is 0. The van der Waals surface area contributed by atoms with Crippen molar-refractivity contribution in [2.75, 3.05) is 6.61 Å². The van der Waals surface area contributed by atoms with Gasteiger partial charge in [0.05, 0.1) is 11.7 Å². The van der Waals surface area contributed by atoms with Crippen molar-refractivity contribution < 1.29 is 14.3 Å². The van der Waals surface area contributed by atoms with Gasteiger partial charge in [0.25, 0.3) is 0 Å². The van der Waals surface area contributed by atoms with Crippen molar-refractivity contribution in [3.63, 3.8) is 0 Å². The van der Waals surface area contributed by atoms with Gasteiger partial charge in [-0.25, -0.2) is 0 Å². The van der Waals surface area contributed by atoms with E-state index in [0.717, 1.165) is 6.42 Å². The predicted molar refractivity (Wildman–Crippen MR) is 67.9 cm³/mol. The second-order valence-corrected chi connectivity index (χ2v) is 5.11. The lowest BCUT2D eigenvalue weighted by molar-refractivity contribution is -0.149. The summed E-state index contributed by atoms with van der Waals surface area (Å²) in [5, 5.41) is 0. The maximum Gasteiger partial charge on any atom is 0.305 e. The number of esters is 1. The summed E-state index contributed by atoms with van der Waals surface area (Å²) in [5.74, 6) is -0.142. The molecule has 0 N–H and O–H groups in total. The number of unbranched alkanes of at least 4 members (excludes halogenated alkanes) is 2. The number of hydrogen-bond acceptors (Lipinski definition) is 3. The summed E-state index contributed by atoms with van der Waals surface area (Å²) in [6.45, 7) is 6.40. The first-order chi connectivity index (χ1) is 8.12. The lowest BCUT2D eigenvalue weighted by Crippen LogP contribution is -2.26. The summed E-state index contributed by atoms with van der Waals surface area (Å²) in [5.41, 5.74) is 0.118. The molecule has 0 spiro atoms. The van der Waals surface area contributed by atoms with Gasteiger partial charge < -0.3 is 9.47 Å². The monoisotopic (exact) mass is 242 g/mol. The number of ether oxygens (including phenoxy) is 2. The number of carbonyl (C=O) groups excluding carboxylic acids is 1. The van der Waals surface area contributed by atoms with Gasteiger partial charge in [-0.15, -0.1) is 0 Å². The largest absolute Gasteiger partial charge is 0.463 e. The van der Waals surface area contributed by atoms with Crippen LogP contribution in [0.25, 0.3) is 0 Å². The molecule has 100 valence electrons. The van der Waals surface area contributed by atoms with Crippen LogP contribution in [0.4, 0.5) is 0 Å². The smallest absolute Gasteiger partial charge is 0.305 e. The van der Waals surface area contributed by atoms with Crippen molar-refractivity contribution in [2.45, 2.75) is 77.4 Å². The Bertz CT molecular complexity index is 234. The Morgan fingerprint density at radius 1 is 1.29 bits per heavy atom. The van der Waals surface area contributed by atoms with Gasteiger partial charge in [-0.2, -0.15) is 0 Å². The number of carbonyl (C=O) groups is 1. The summed E-state index contributed by atoms with van der Waals surface area (Å²) in [6, 6.07) is 0. The van der Waals surface area contributed by atoms with E-state index in [0.29, 0.717) is 13.0 Å². The maximum atomic E-state index is 11.0. The molecule has 1 aliphatic rings. The van der Waals surface area contributed by atoms with E-state index < -0.39 is 0 Å². The van der Waals surface area contributed by atoms with Crippen LogP contribution in [0.5, 0.6) is 0 Å². The Balaban J connectivity index is 2.16. The molecule has 1 fully saturated rings. The number of hydrogen-bond donors (Lipinski definition) is 0. The van der Waals surface area contributed by atoms with Crippen LogP contribution in [-0.2, 0) is 14.3 Å². The van der Waals surface area contributed by atoms with Gasteiger partial charge in [-0.05, 0) is 26.2 Å². The minimum absolute atomic E-state index is 0.0228. The lowest BCUT2D eigenvalue weighted by atomic mass is 10.1. The minimum atomic E-state index is -0.142. The van der Waals surface area contributed by atoms with E-state index in [1.807, 2.05) is 6.92 Å². The molecular weight excluding hydrogens is 216 g/mol. The Hall–Kier alpha value is -0.570. The molecule has 3 heteroatoms. The van der Waals surface area contributed by atoms with Gasteiger partial charge in [-0.1, -0.05) is 33.1 Å². The van der Waals surface area contributed by atoms with E-state index in [-0.39, 0.29) is 17.7 Å². The molecule has 0 heterocycles. The van der Waals surface area contributed by atoms with E-state index in [4.69, 9.17) is 9.47 Å². The summed E-state index contributed by atoms with van der Waals surface area (Å²) < 4.78 is 11.1. The Morgan fingerprint density at radius 2 is 2.00 bits per heavy atom. The zero-order valence-electron chi connectivity index (χ0n) is 11.5. The van der Waals surface area contributed by atoms with Crippen LogP contribution in [0, 0.1) is 0 Å². The van der Waals surface area contributed by atoms with Crippen LogP contribution in [0.2, 0.25) is 0 Å². The quantitative estimate of drug-likeness (QED) is 0.459. The summed E-state index contributed by atoms with van der Waals surface area (Å²) in [6.07, 6.45) is 7.74. The fraction of sp³-hybridized carbons (Fsp3) is 0.929. The SMILES string of the molecule is CCCCCC1(OC(C)COC(=O)CC)CC1. The van der Waals surface area contributed by atoms with Crippen molar-refractivity contribution in [1.29, 1.82) is 0 Å². The molecule has 0 aromatic carbocycles. The molecular formula is C14H26O3. The molecule has 1 saturated carbocycles. The second-order valence-electron chi connectivity index (χ2n) is 5.11. The topological polar surface area (TPSA) is 35.5 Å². The van der Waals surface area contributed by atoms with Crippen molar-refractivity contribution in [2.24, 2.45) is 0 Å². The highest BCUT2D eigenvalue weighted by Crippen LogP contribution is 2.44. The van der Waals surface area contributed by atoms with Crippen LogP contribution in [0.15, 0.2) is 0 Å². The first-order valence-corrected chi connectivity index (χ1v) is 6.95. The fourth-order valence-electron chi connectivity index (χ4n) is 2.04. The first kappa shape index (κ1) is 14.5. The zero-order chi connectivity index (χ0) is 12.7. The second kappa shape index (κ2) is 7.00. The molecule has 1 aliphatic carbocycles. The van der Waals surface area contributed by atoms with Crippen LogP contribution >= 0.6 is 0 Å². The molecule has 0 aromatic heterocycles. The lowest BCUT2D eigenvalue weighted by Gasteiger charge is -2.21. The molecule has 17 heavy (non-hydrogen) atoms. The number of rotatable bonds is 9. The molecule has 0 radical (unpaired) electrons. The van der Waals surface area contributed by atoms with Crippen molar-refractivity contribution >= 4 is 5.97 Å². The highest BCUT2D eigenvalue weighted by atomic mass is 16.6. The minimum Gasteiger partial charge on any atom is -0.463 e. The van der Waals surface area contributed by atoms with Crippen LogP contribution in [-0.4, -0.2) is 24.3 Å². The summed E-state index contributed by atoms with van der Waals surface area (Å²) in [4.78, 5) is 11.0. The van der Waals surface area contributed by atoms with E-state index in [1.54, 1.807) is 6.92 Å². The van der Waals surface area contributed by atoms with Gasteiger partial charge in [0.1, 0.15) is 6.61 Å². The third-order valence-electron chi connectivity index (χ3n) is 3.26. The highest BCUT2D eigenvalue weighted by molar-refractivity contribution is 5.68.